The topological polar surface area (TPSA) is 76.0 Å². The van der Waals surface area contributed by atoms with Crippen LogP contribution in [-0.4, -0.2) is 44.8 Å². The minimum Gasteiger partial charge on any atom is -0.461 e. The van der Waals surface area contributed by atoms with Gasteiger partial charge in [-0.25, -0.2) is 0 Å². The Morgan fingerprint density at radius 3 is 2.72 bits per heavy atom. The first-order chi connectivity index (χ1) is 14.0. The number of carbonyl (C=O) groups is 1. The number of fused-ring (bicyclic) bond motifs is 1. The fraction of sp³-hybridized carbons (Fsp3) is 0.273. The fourth-order valence-corrected chi connectivity index (χ4v) is 4.90. The molecule has 29 heavy (non-hydrogen) atoms. The largest absolute Gasteiger partial charge is 0.461 e. The van der Waals surface area contributed by atoms with Crippen LogP contribution in [0.2, 0.25) is 0 Å². The van der Waals surface area contributed by atoms with Crippen LogP contribution >= 0.6 is 0 Å². The van der Waals surface area contributed by atoms with Gasteiger partial charge in [-0.1, -0.05) is 48.5 Å². The molecule has 0 unspecified atom stereocenters. The zero-order valence-corrected chi connectivity index (χ0v) is 16.7. The Kier molecular flexibility index (Phi) is 5.49. The van der Waals surface area contributed by atoms with Crippen molar-refractivity contribution >= 4 is 27.9 Å². The summed E-state index contributed by atoms with van der Waals surface area (Å²) in [6.07, 6.45) is 5.23. The third kappa shape index (κ3) is 4.24. The van der Waals surface area contributed by atoms with Gasteiger partial charge in [-0.15, -0.1) is 4.40 Å². The van der Waals surface area contributed by atoms with Gasteiger partial charge >= 0.3 is 5.97 Å². The number of ether oxygens (including phenoxy) is 1. The highest BCUT2D eigenvalue weighted by Crippen LogP contribution is 2.29. The van der Waals surface area contributed by atoms with Crippen molar-refractivity contribution < 1.29 is 17.9 Å². The van der Waals surface area contributed by atoms with Crippen molar-refractivity contribution in [3.05, 3.63) is 71.8 Å². The molecule has 0 spiro atoms. The Morgan fingerprint density at radius 2 is 1.90 bits per heavy atom. The first-order valence-corrected chi connectivity index (χ1v) is 11.1. The number of hydrogen-bond acceptors (Lipinski definition) is 5. The smallest absolute Gasteiger partial charge is 0.311 e. The van der Waals surface area contributed by atoms with E-state index in [0.717, 1.165) is 18.4 Å². The Labute approximate surface area is 170 Å². The molecule has 0 amide bonds. The van der Waals surface area contributed by atoms with Crippen LogP contribution < -0.4 is 0 Å². The summed E-state index contributed by atoms with van der Waals surface area (Å²) in [5, 5.41) is 0. The van der Waals surface area contributed by atoms with Gasteiger partial charge in [-0.3, -0.25) is 4.79 Å². The van der Waals surface area contributed by atoms with E-state index in [9.17, 15) is 13.2 Å². The number of esters is 1. The standard InChI is InChI=1S/C22H22N2O4S/c25-22(28-15-7-10-17-8-2-1-3-9-17)18-11-6-14-24(16-18)21-19-12-4-5-13-20(19)29(26,27)23-21/h1-5,7-10,12-13,18H,6,11,14-16H2/b10-7+/t18-/m0/s1. The number of likely N-dealkylation sites (tertiary alicyclic amines) is 1. The summed E-state index contributed by atoms with van der Waals surface area (Å²) in [7, 11) is -3.66. The molecule has 4 rings (SSSR count). The molecule has 2 aliphatic rings. The van der Waals surface area contributed by atoms with Crippen molar-refractivity contribution in [3.63, 3.8) is 0 Å². The zero-order chi connectivity index (χ0) is 20.3. The highest BCUT2D eigenvalue weighted by atomic mass is 32.2. The average molecular weight is 410 g/mol. The van der Waals surface area contributed by atoms with Crippen LogP contribution in [0.15, 0.2) is 70.0 Å². The molecule has 0 saturated carbocycles. The summed E-state index contributed by atoms with van der Waals surface area (Å²) in [6, 6.07) is 16.6. The molecular formula is C22H22N2O4S. The van der Waals surface area contributed by atoms with Crippen LogP contribution in [0, 0.1) is 5.92 Å². The van der Waals surface area contributed by atoms with Crippen LogP contribution in [0.4, 0.5) is 0 Å². The molecule has 7 heteroatoms. The number of sulfonamides is 1. The summed E-state index contributed by atoms with van der Waals surface area (Å²) in [5.74, 6) is -0.128. The molecule has 150 valence electrons. The van der Waals surface area contributed by atoms with Crippen LogP contribution in [0.3, 0.4) is 0 Å². The normalized spacial score (nSPS) is 20.3. The SMILES string of the molecule is O=C(OC/C=C/c1ccccc1)[C@H]1CCCN(C2=NS(=O)(=O)c3ccccc32)C1. The highest BCUT2D eigenvalue weighted by Gasteiger charge is 2.35. The van der Waals surface area contributed by atoms with Gasteiger partial charge in [0.15, 0.2) is 5.84 Å². The molecule has 0 aliphatic carbocycles. The van der Waals surface area contributed by atoms with E-state index in [1.54, 1.807) is 24.3 Å². The van der Waals surface area contributed by atoms with Gasteiger partial charge in [0.25, 0.3) is 10.0 Å². The maximum absolute atomic E-state index is 12.5. The first kappa shape index (κ1) is 19.4. The Hall–Kier alpha value is -2.93. The molecule has 1 atom stereocenters. The maximum Gasteiger partial charge on any atom is 0.311 e. The average Bonchev–Trinajstić information content (AvgIpc) is 3.03. The lowest BCUT2D eigenvalue weighted by molar-refractivity contribution is -0.148. The van der Waals surface area contributed by atoms with Crippen molar-refractivity contribution in [1.82, 2.24) is 4.90 Å². The Balaban J connectivity index is 1.39. The second-order valence-corrected chi connectivity index (χ2v) is 8.69. The number of benzene rings is 2. The predicted molar refractivity (Wildman–Crippen MR) is 111 cm³/mol. The predicted octanol–water partition coefficient (Wildman–Crippen LogP) is 3.10. The van der Waals surface area contributed by atoms with Crippen LogP contribution in [0.5, 0.6) is 0 Å². The molecule has 2 aliphatic heterocycles. The first-order valence-electron chi connectivity index (χ1n) is 9.62. The van der Waals surface area contributed by atoms with E-state index >= 15 is 0 Å². The van der Waals surface area contributed by atoms with E-state index in [1.165, 1.54) is 0 Å². The summed E-state index contributed by atoms with van der Waals surface area (Å²) >= 11 is 0. The number of rotatable bonds is 4. The van der Waals surface area contributed by atoms with E-state index < -0.39 is 10.0 Å². The summed E-state index contributed by atoms with van der Waals surface area (Å²) in [4.78, 5) is 14.6. The molecular weight excluding hydrogens is 388 g/mol. The molecule has 1 fully saturated rings. The van der Waals surface area contributed by atoms with Crippen molar-refractivity contribution in [3.8, 4) is 0 Å². The van der Waals surface area contributed by atoms with Gasteiger partial charge in [0.2, 0.25) is 0 Å². The molecule has 2 heterocycles. The molecule has 0 radical (unpaired) electrons. The summed E-state index contributed by atoms with van der Waals surface area (Å²) in [5.41, 5.74) is 1.65. The van der Waals surface area contributed by atoms with E-state index in [0.29, 0.717) is 24.5 Å². The molecule has 0 bridgehead atoms. The minimum absolute atomic E-state index is 0.211. The van der Waals surface area contributed by atoms with Crippen LogP contribution in [-0.2, 0) is 19.6 Å². The molecule has 0 N–H and O–H groups in total. The monoisotopic (exact) mass is 410 g/mol. The maximum atomic E-state index is 12.5. The molecule has 6 nitrogen and oxygen atoms in total. The fourth-order valence-electron chi connectivity index (χ4n) is 3.67. The van der Waals surface area contributed by atoms with Gasteiger partial charge in [0, 0.05) is 18.7 Å². The molecule has 1 saturated heterocycles. The van der Waals surface area contributed by atoms with E-state index in [4.69, 9.17) is 4.74 Å². The summed E-state index contributed by atoms with van der Waals surface area (Å²) < 4.78 is 34.0. The molecule has 2 aromatic rings. The van der Waals surface area contributed by atoms with Crippen LogP contribution in [0.25, 0.3) is 6.08 Å². The Bertz CT molecular complexity index is 1060. The van der Waals surface area contributed by atoms with Gasteiger partial charge in [0.05, 0.1) is 5.92 Å². The van der Waals surface area contributed by atoms with Gasteiger partial charge < -0.3 is 9.64 Å². The second kappa shape index (κ2) is 8.21. The number of amidine groups is 1. The lowest BCUT2D eigenvalue weighted by Crippen LogP contribution is -2.42. The third-order valence-corrected chi connectivity index (χ3v) is 6.42. The zero-order valence-electron chi connectivity index (χ0n) is 15.9. The second-order valence-electron chi connectivity index (χ2n) is 7.11. The molecule has 2 aromatic carbocycles. The van der Waals surface area contributed by atoms with Gasteiger partial charge in [0.1, 0.15) is 11.5 Å². The van der Waals surface area contributed by atoms with Gasteiger partial charge in [-0.05, 0) is 36.6 Å². The van der Waals surface area contributed by atoms with Crippen molar-refractivity contribution in [2.24, 2.45) is 10.3 Å². The van der Waals surface area contributed by atoms with Gasteiger partial charge in [-0.2, -0.15) is 8.42 Å². The Morgan fingerprint density at radius 1 is 1.14 bits per heavy atom. The lowest BCUT2D eigenvalue weighted by atomic mass is 9.97. The van der Waals surface area contributed by atoms with E-state index in [2.05, 4.69) is 4.40 Å². The minimum atomic E-state index is -3.66. The van der Waals surface area contributed by atoms with Crippen LogP contribution in [0.1, 0.15) is 24.0 Å². The number of carbonyl (C=O) groups excluding carboxylic acids is 1. The number of piperidine rings is 1. The van der Waals surface area contributed by atoms with Crippen molar-refractivity contribution in [2.75, 3.05) is 19.7 Å². The van der Waals surface area contributed by atoms with E-state index in [1.807, 2.05) is 47.4 Å². The third-order valence-electron chi connectivity index (χ3n) is 5.10. The summed E-state index contributed by atoms with van der Waals surface area (Å²) in [6.45, 7) is 1.28. The quantitative estimate of drug-likeness (QED) is 0.724. The lowest BCUT2D eigenvalue weighted by Gasteiger charge is -2.32. The molecule has 0 aromatic heterocycles. The van der Waals surface area contributed by atoms with Crippen molar-refractivity contribution in [1.29, 1.82) is 0 Å². The van der Waals surface area contributed by atoms with Crippen molar-refractivity contribution in [2.45, 2.75) is 17.7 Å². The number of hydrogen-bond donors (Lipinski definition) is 0. The highest BCUT2D eigenvalue weighted by molar-refractivity contribution is 7.90. The van der Waals surface area contributed by atoms with E-state index in [-0.39, 0.29) is 23.4 Å². The number of nitrogens with zero attached hydrogens (tertiary/aromatic N) is 2.